The van der Waals surface area contributed by atoms with Crippen LogP contribution in [0.3, 0.4) is 0 Å². The smallest absolute Gasteiger partial charge is 0.339 e. The van der Waals surface area contributed by atoms with Crippen LogP contribution in [0.25, 0.3) is 11.0 Å². The van der Waals surface area contributed by atoms with Crippen LogP contribution in [0.2, 0.25) is 0 Å². The van der Waals surface area contributed by atoms with E-state index in [1.807, 2.05) is 6.92 Å². The molecular weight excluding hydrogens is 208 g/mol. The molecule has 0 aliphatic rings. The zero-order chi connectivity index (χ0) is 11.7. The Morgan fingerprint density at radius 3 is 2.88 bits per heavy atom. The number of carbonyl (C=O) groups is 1. The number of carboxylic acids is 1. The minimum atomic E-state index is -0.997. The molecule has 2 rings (SSSR count). The van der Waals surface area contributed by atoms with E-state index >= 15 is 0 Å². The molecule has 2 heterocycles. The molecule has 0 saturated carbocycles. The Morgan fingerprint density at radius 1 is 1.56 bits per heavy atom. The summed E-state index contributed by atoms with van der Waals surface area (Å²) in [5.41, 5.74) is 1.40. The van der Waals surface area contributed by atoms with Crippen LogP contribution in [0, 0.1) is 0 Å². The molecule has 0 aliphatic carbocycles. The van der Waals surface area contributed by atoms with Crippen LogP contribution in [0.15, 0.2) is 12.4 Å². The van der Waals surface area contributed by atoms with E-state index in [2.05, 4.69) is 15.4 Å². The number of carboxylic acid groups (broad SMARTS) is 1. The third-order valence-corrected chi connectivity index (χ3v) is 2.45. The number of fused-ring (bicyclic) bond motifs is 1. The van der Waals surface area contributed by atoms with Crippen molar-refractivity contribution < 1.29 is 9.90 Å². The van der Waals surface area contributed by atoms with Crippen molar-refractivity contribution in [2.24, 2.45) is 0 Å². The Hall–Kier alpha value is -2.11. The number of nitrogens with zero attached hydrogens (tertiary/aromatic N) is 3. The summed E-state index contributed by atoms with van der Waals surface area (Å²) >= 11 is 0. The fourth-order valence-corrected chi connectivity index (χ4v) is 1.69. The fraction of sp³-hybridized carbons (Fsp3) is 0.300. The van der Waals surface area contributed by atoms with Crippen molar-refractivity contribution in [1.29, 1.82) is 0 Å². The van der Waals surface area contributed by atoms with Crippen molar-refractivity contribution in [3.63, 3.8) is 0 Å². The van der Waals surface area contributed by atoms with Crippen LogP contribution in [-0.2, 0) is 6.54 Å². The van der Waals surface area contributed by atoms with Crippen LogP contribution in [0.1, 0.15) is 17.3 Å². The quantitative estimate of drug-likeness (QED) is 0.812. The van der Waals surface area contributed by atoms with Crippen molar-refractivity contribution in [3.05, 3.63) is 18.0 Å². The number of aryl methyl sites for hydroxylation is 1. The molecule has 0 aliphatic heterocycles. The lowest BCUT2D eigenvalue weighted by Crippen LogP contribution is -2.05. The molecule has 16 heavy (non-hydrogen) atoms. The van der Waals surface area contributed by atoms with Gasteiger partial charge in [0.2, 0.25) is 0 Å². The van der Waals surface area contributed by atoms with Crippen LogP contribution in [0.4, 0.5) is 5.69 Å². The molecule has 2 aromatic rings. The predicted octanol–water partition coefficient (Wildman–Crippen LogP) is 1.19. The van der Waals surface area contributed by atoms with E-state index in [1.54, 1.807) is 17.9 Å². The van der Waals surface area contributed by atoms with Crippen LogP contribution in [0.5, 0.6) is 0 Å². The lowest BCUT2D eigenvalue weighted by molar-refractivity contribution is 0.0697. The number of rotatable bonds is 3. The second-order valence-corrected chi connectivity index (χ2v) is 3.30. The SMILES string of the molecule is CCn1ncc2c(NC)c(C(=O)O)cnc21. The maximum absolute atomic E-state index is 11.0. The summed E-state index contributed by atoms with van der Waals surface area (Å²) in [7, 11) is 1.69. The summed E-state index contributed by atoms with van der Waals surface area (Å²) in [5.74, 6) is -0.997. The van der Waals surface area contributed by atoms with Crippen molar-refractivity contribution in [3.8, 4) is 0 Å². The summed E-state index contributed by atoms with van der Waals surface area (Å²) in [4.78, 5) is 15.1. The van der Waals surface area contributed by atoms with Gasteiger partial charge in [-0.15, -0.1) is 0 Å². The largest absolute Gasteiger partial charge is 0.478 e. The van der Waals surface area contributed by atoms with E-state index in [-0.39, 0.29) is 5.56 Å². The molecule has 2 aromatic heterocycles. The van der Waals surface area contributed by atoms with Gasteiger partial charge in [-0.1, -0.05) is 0 Å². The van der Waals surface area contributed by atoms with Crippen molar-refractivity contribution in [1.82, 2.24) is 14.8 Å². The first-order valence-electron chi connectivity index (χ1n) is 4.94. The first-order chi connectivity index (χ1) is 7.69. The van der Waals surface area contributed by atoms with Gasteiger partial charge in [0.05, 0.1) is 17.3 Å². The molecule has 0 spiro atoms. The molecule has 6 heteroatoms. The number of hydrogen-bond acceptors (Lipinski definition) is 4. The summed E-state index contributed by atoms with van der Waals surface area (Å²) < 4.78 is 1.72. The van der Waals surface area contributed by atoms with Crippen molar-refractivity contribution >= 4 is 22.7 Å². The summed E-state index contributed by atoms with van der Waals surface area (Å²) in [5, 5.41) is 16.8. The average molecular weight is 220 g/mol. The van der Waals surface area contributed by atoms with Crippen molar-refractivity contribution in [2.75, 3.05) is 12.4 Å². The molecule has 6 nitrogen and oxygen atoms in total. The standard InChI is InChI=1S/C10H12N4O2/c1-3-14-9-6(5-13-14)8(11-2)7(4-12-9)10(15)16/h4-5H,3H2,1-2H3,(H,11,12)(H,15,16). The molecule has 2 N–H and O–H groups in total. The van der Waals surface area contributed by atoms with Gasteiger partial charge in [0, 0.05) is 19.8 Å². The third kappa shape index (κ3) is 1.39. The van der Waals surface area contributed by atoms with Gasteiger partial charge < -0.3 is 10.4 Å². The minimum Gasteiger partial charge on any atom is -0.478 e. The maximum Gasteiger partial charge on any atom is 0.339 e. The summed E-state index contributed by atoms with van der Waals surface area (Å²) in [6.07, 6.45) is 2.98. The predicted molar refractivity (Wildman–Crippen MR) is 59.7 cm³/mol. The van der Waals surface area contributed by atoms with Crippen molar-refractivity contribution in [2.45, 2.75) is 13.5 Å². The Kier molecular flexibility index (Phi) is 2.47. The summed E-state index contributed by atoms with van der Waals surface area (Å²) in [6, 6.07) is 0. The number of pyridine rings is 1. The highest BCUT2D eigenvalue weighted by atomic mass is 16.4. The topological polar surface area (TPSA) is 80.0 Å². The van der Waals surface area contributed by atoms with Gasteiger partial charge in [-0.2, -0.15) is 5.10 Å². The van der Waals surface area contributed by atoms with Gasteiger partial charge in [-0.3, -0.25) is 0 Å². The number of hydrogen-bond donors (Lipinski definition) is 2. The molecule has 0 atom stereocenters. The first-order valence-corrected chi connectivity index (χ1v) is 4.94. The first kappa shape index (κ1) is 10.4. The molecule has 84 valence electrons. The number of aromatic nitrogens is 3. The molecular formula is C10H12N4O2. The highest BCUT2D eigenvalue weighted by molar-refractivity contribution is 6.03. The highest BCUT2D eigenvalue weighted by Crippen LogP contribution is 2.25. The van der Waals surface area contributed by atoms with E-state index in [9.17, 15) is 4.79 Å². The lowest BCUT2D eigenvalue weighted by Gasteiger charge is -2.06. The second-order valence-electron chi connectivity index (χ2n) is 3.30. The van der Waals surface area contributed by atoms with Gasteiger partial charge in [0.15, 0.2) is 5.65 Å². The second kappa shape index (κ2) is 3.80. The Morgan fingerprint density at radius 2 is 2.31 bits per heavy atom. The molecule has 0 saturated heterocycles. The van der Waals surface area contributed by atoms with Crippen LogP contribution in [-0.4, -0.2) is 32.9 Å². The average Bonchev–Trinajstić information content (AvgIpc) is 2.70. The van der Waals surface area contributed by atoms with Gasteiger partial charge in [0.1, 0.15) is 5.56 Å². The molecule has 0 radical (unpaired) electrons. The van der Waals surface area contributed by atoms with Crippen LogP contribution >= 0.6 is 0 Å². The molecule has 0 amide bonds. The normalized spacial score (nSPS) is 10.6. The van der Waals surface area contributed by atoms with Gasteiger partial charge >= 0.3 is 5.97 Å². The highest BCUT2D eigenvalue weighted by Gasteiger charge is 2.15. The zero-order valence-corrected chi connectivity index (χ0v) is 9.06. The van der Waals surface area contributed by atoms with E-state index in [4.69, 9.17) is 5.11 Å². The van der Waals surface area contributed by atoms with Gasteiger partial charge in [-0.05, 0) is 6.92 Å². The Labute approximate surface area is 91.9 Å². The Balaban J connectivity index is 2.76. The minimum absolute atomic E-state index is 0.158. The molecule has 0 unspecified atom stereocenters. The van der Waals surface area contributed by atoms with E-state index in [0.717, 1.165) is 5.39 Å². The number of aromatic carboxylic acids is 1. The molecule has 0 aromatic carbocycles. The third-order valence-electron chi connectivity index (χ3n) is 2.45. The van der Waals surface area contributed by atoms with E-state index in [0.29, 0.717) is 17.9 Å². The fourth-order valence-electron chi connectivity index (χ4n) is 1.69. The van der Waals surface area contributed by atoms with Gasteiger partial charge in [0.25, 0.3) is 0 Å². The maximum atomic E-state index is 11.0. The van der Waals surface area contributed by atoms with Gasteiger partial charge in [-0.25, -0.2) is 14.5 Å². The summed E-state index contributed by atoms with van der Waals surface area (Å²) in [6.45, 7) is 2.66. The van der Waals surface area contributed by atoms with E-state index < -0.39 is 5.97 Å². The Bertz CT molecular complexity index is 547. The van der Waals surface area contributed by atoms with Crippen LogP contribution < -0.4 is 5.32 Å². The number of anilines is 1. The number of nitrogens with one attached hydrogen (secondary N) is 1. The molecule has 0 bridgehead atoms. The lowest BCUT2D eigenvalue weighted by atomic mass is 10.2. The zero-order valence-electron chi connectivity index (χ0n) is 9.06. The molecule has 0 fully saturated rings. The van der Waals surface area contributed by atoms with E-state index in [1.165, 1.54) is 6.20 Å². The monoisotopic (exact) mass is 220 g/mol.